The van der Waals surface area contributed by atoms with Gasteiger partial charge in [-0.05, 0) is 45.6 Å². The van der Waals surface area contributed by atoms with Gasteiger partial charge in [0.2, 0.25) is 0 Å². The molecule has 1 nitrogen and oxygen atoms in total. The van der Waals surface area contributed by atoms with Crippen LogP contribution in [-0.4, -0.2) is 6.04 Å². The van der Waals surface area contributed by atoms with Crippen LogP contribution in [0, 0.1) is 5.41 Å². The molecule has 0 aromatic carbocycles. The Hall–Kier alpha value is 0.140. The Morgan fingerprint density at radius 2 is 2.14 bits per heavy atom. The first-order valence-corrected chi connectivity index (χ1v) is 6.56. The molecule has 0 saturated heterocycles. The molecule has 1 atom stereocenters. The first kappa shape index (κ1) is 12.2. The van der Waals surface area contributed by atoms with Crippen molar-refractivity contribution in [2.75, 3.05) is 0 Å². The smallest absolute Gasteiger partial charge is 0.0314 e. The molecule has 0 amide bonds. The highest BCUT2D eigenvalue weighted by Crippen LogP contribution is 2.27. The van der Waals surface area contributed by atoms with Crippen molar-refractivity contribution < 1.29 is 0 Å². The molecule has 0 radical (unpaired) electrons. The van der Waals surface area contributed by atoms with Crippen LogP contribution in [0.1, 0.15) is 32.1 Å². The Kier molecular flexibility index (Phi) is 4.16. The van der Waals surface area contributed by atoms with Crippen LogP contribution in [0.3, 0.4) is 0 Å². The summed E-state index contributed by atoms with van der Waals surface area (Å²) < 4.78 is 1.23. The van der Waals surface area contributed by atoms with Crippen molar-refractivity contribution in [1.29, 1.82) is 0 Å². The fourth-order valence-electron chi connectivity index (χ4n) is 1.22. The summed E-state index contributed by atoms with van der Waals surface area (Å²) >= 11 is 5.34. The summed E-state index contributed by atoms with van der Waals surface area (Å²) in [4.78, 5) is 1.41. The zero-order valence-corrected chi connectivity index (χ0v) is 11.4. The Balaban J connectivity index is 2.46. The predicted octanol–water partition coefficient (Wildman–Crippen LogP) is 3.82. The Bertz CT molecular complexity index is 288. The van der Waals surface area contributed by atoms with E-state index in [4.69, 9.17) is 5.73 Å². The van der Waals surface area contributed by atoms with Crippen molar-refractivity contribution in [1.82, 2.24) is 0 Å². The Morgan fingerprint density at radius 1 is 1.50 bits per heavy atom. The van der Waals surface area contributed by atoms with Crippen molar-refractivity contribution in [2.45, 2.75) is 39.7 Å². The Labute approximate surface area is 98.8 Å². The maximum absolute atomic E-state index is 6.11. The average molecular weight is 276 g/mol. The topological polar surface area (TPSA) is 26.0 Å². The normalized spacial score (nSPS) is 14.4. The summed E-state index contributed by atoms with van der Waals surface area (Å²) in [6.45, 7) is 6.59. The van der Waals surface area contributed by atoms with E-state index in [-0.39, 0.29) is 11.5 Å². The van der Waals surface area contributed by atoms with Gasteiger partial charge in [0.05, 0.1) is 0 Å². The van der Waals surface area contributed by atoms with E-state index in [0.29, 0.717) is 0 Å². The number of rotatable bonds is 3. The highest BCUT2D eigenvalue weighted by molar-refractivity contribution is 9.10. The maximum Gasteiger partial charge on any atom is 0.0314 e. The largest absolute Gasteiger partial charge is 0.327 e. The van der Waals surface area contributed by atoms with Crippen LogP contribution in [-0.2, 0) is 6.42 Å². The van der Waals surface area contributed by atoms with Crippen LogP contribution < -0.4 is 5.73 Å². The van der Waals surface area contributed by atoms with Gasteiger partial charge in [0.15, 0.2) is 0 Å². The molecule has 0 fully saturated rings. The number of hydrogen-bond donors (Lipinski definition) is 1. The van der Waals surface area contributed by atoms with E-state index in [0.717, 1.165) is 12.8 Å². The summed E-state index contributed by atoms with van der Waals surface area (Å²) in [5, 5.41) is 2.11. The number of nitrogens with two attached hydrogens (primary N) is 1. The minimum absolute atomic E-state index is 0.212. The minimum Gasteiger partial charge on any atom is -0.327 e. The van der Waals surface area contributed by atoms with Crippen LogP contribution in [0.4, 0.5) is 0 Å². The molecule has 14 heavy (non-hydrogen) atoms. The second-order valence-corrected chi connectivity index (χ2v) is 6.56. The van der Waals surface area contributed by atoms with E-state index >= 15 is 0 Å². The lowest BCUT2D eigenvalue weighted by Gasteiger charge is -2.26. The van der Waals surface area contributed by atoms with Gasteiger partial charge in [0.1, 0.15) is 0 Å². The second kappa shape index (κ2) is 4.77. The van der Waals surface area contributed by atoms with Crippen LogP contribution in [0.25, 0.3) is 0 Å². The highest BCUT2D eigenvalue weighted by atomic mass is 79.9. The quantitative estimate of drug-likeness (QED) is 0.892. The van der Waals surface area contributed by atoms with Gasteiger partial charge < -0.3 is 5.73 Å². The molecule has 0 aliphatic rings. The molecule has 0 spiro atoms. The monoisotopic (exact) mass is 275 g/mol. The van der Waals surface area contributed by atoms with E-state index in [2.05, 4.69) is 48.1 Å². The molecule has 1 unspecified atom stereocenters. The summed E-state index contributed by atoms with van der Waals surface area (Å²) in [7, 11) is 0. The van der Waals surface area contributed by atoms with Gasteiger partial charge in [0, 0.05) is 15.4 Å². The third-order valence-corrected chi connectivity index (χ3v) is 4.47. The first-order valence-electron chi connectivity index (χ1n) is 4.88. The number of aryl methyl sites for hydroxylation is 1. The lowest BCUT2D eigenvalue weighted by Crippen LogP contribution is -2.35. The van der Waals surface area contributed by atoms with E-state index in [1.165, 1.54) is 9.35 Å². The fourth-order valence-corrected chi connectivity index (χ4v) is 2.79. The van der Waals surface area contributed by atoms with Gasteiger partial charge >= 0.3 is 0 Å². The molecule has 0 aliphatic heterocycles. The zero-order valence-electron chi connectivity index (χ0n) is 9.01. The van der Waals surface area contributed by atoms with Gasteiger partial charge in [0.25, 0.3) is 0 Å². The van der Waals surface area contributed by atoms with Crippen LogP contribution in [0.5, 0.6) is 0 Å². The minimum atomic E-state index is 0.212. The summed E-state index contributed by atoms with van der Waals surface area (Å²) in [6, 6.07) is 2.37. The van der Waals surface area contributed by atoms with E-state index in [1.807, 2.05) is 0 Å². The lowest BCUT2D eigenvalue weighted by molar-refractivity contribution is 0.306. The van der Waals surface area contributed by atoms with Gasteiger partial charge in [-0.1, -0.05) is 20.8 Å². The summed E-state index contributed by atoms with van der Waals surface area (Å²) in [5.74, 6) is 0. The van der Waals surface area contributed by atoms with Crippen molar-refractivity contribution in [3.8, 4) is 0 Å². The van der Waals surface area contributed by atoms with Gasteiger partial charge in [-0.2, -0.15) is 0 Å². The molecule has 0 aliphatic carbocycles. The molecule has 1 aromatic rings. The van der Waals surface area contributed by atoms with Gasteiger partial charge in [-0.3, -0.25) is 0 Å². The van der Waals surface area contributed by atoms with Crippen molar-refractivity contribution in [2.24, 2.45) is 11.1 Å². The van der Waals surface area contributed by atoms with E-state index < -0.39 is 0 Å². The van der Waals surface area contributed by atoms with Crippen molar-refractivity contribution >= 4 is 27.3 Å². The predicted molar refractivity (Wildman–Crippen MR) is 67.8 cm³/mol. The summed E-state index contributed by atoms with van der Waals surface area (Å²) in [6.07, 6.45) is 2.14. The van der Waals surface area contributed by atoms with Crippen LogP contribution >= 0.6 is 27.3 Å². The van der Waals surface area contributed by atoms with Crippen LogP contribution in [0.15, 0.2) is 15.9 Å². The second-order valence-electron chi connectivity index (χ2n) is 4.70. The third-order valence-electron chi connectivity index (χ3n) is 2.49. The van der Waals surface area contributed by atoms with Crippen molar-refractivity contribution in [3.63, 3.8) is 0 Å². The number of hydrogen-bond acceptors (Lipinski definition) is 2. The maximum atomic E-state index is 6.11. The molecule has 2 N–H and O–H groups in total. The molecule has 1 heterocycles. The standard InChI is InChI=1S/C11H18BrNS/c1-11(2,3)10(13)5-4-9-8(12)6-7-14-9/h6-7,10H,4-5,13H2,1-3H3. The lowest BCUT2D eigenvalue weighted by atomic mass is 9.85. The highest BCUT2D eigenvalue weighted by Gasteiger charge is 2.20. The fraction of sp³-hybridized carbons (Fsp3) is 0.636. The molecular formula is C11H18BrNS. The number of thiophene rings is 1. The molecule has 80 valence electrons. The zero-order chi connectivity index (χ0) is 10.8. The Morgan fingerprint density at radius 3 is 2.57 bits per heavy atom. The molecule has 3 heteroatoms. The SMILES string of the molecule is CC(C)(C)C(N)CCc1sccc1Br. The van der Waals surface area contributed by atoms with Crippen molar-refractivity contribution in [3.05, 3.63) is 20.8 Å². The molecule has 1 rings (SSSR count). The molecular weight excluding hydrogens is 258 g/mol. The molecule has 0 saturated carbocycles. The van der Waals surface area contributed by atoms with E-state index in [1.54, 1.807) is 11.3 Å². The third kappa shape index (κ3) is 3.37. The van der Waals surface area contributed by atoms with Gasteiger partial charge in [-0.25, -0.2) is 0 Å². The molecule has 0 bridgehead atoms. The first-order chi connectivity index (χ1) is 6.41. The van der Waals surface area contributed by atoms with E-state index in [9.17, 15) is 0 Å². The van der Waals surface area contributed by atoms with Crippen LogP contribution in [0.2, 0.25) is 0 Å². The van der Waals surface area contributed by atoms with Gasteiger partial charge in [-0.15, -0.1) is 11.3 Å². The number of halogens is 1. The average Bonchev–Trinajstić information content (AvgIpc) is 2.45. The molecule has 1 aromatic heterocycles. The summed E-state index contributed by atoms with van der Waals surface area (Å²) in [5.41, 5.74) is 6.32.